The van der Waals surface area contributed by atoms with E-state index in [2.05, 4.69) is 16.2 Å². The molecule has 7 nitrogen and oxygen atoms in total. The van der Waals surface area contributed by atoms with Crippen molar-refractivity contribution in [2.45, 2.75) is 13.3 Å². The van der Waals surface area contributed by atoms with E-state index in [4.69, 9.17) is 4.42 Å². The van der Waals surface area contributed by atoms with Gasteiger partial charge in [-0.05, 0) is 24.4 Å². The van der Waals surface area contributed by atoms with E-state index in [9.17, 15) is 14.4 Å². The van der Waals surface area contributed by atoms with Gasteiger partial charge < -0.3 is 9.73 Å². The van der Waals surface area contributed by atoms with Crippen molar-refractivity contribution in [3.8, 4) is 0 Å². The number of hydrogen-bond donors (Lipinski definition) is 3. The molecule has 0 aliphatic rings. The summed E-state index contributed by atoms with van der Waals surface area (Å²) in [6, 6.07) is 10.8. The number of benzene rings is 1. The Labute approximate surface area is 153 Å². The van der Waals surface area contributed by atoms with Crippen molar-refractivity contribution in [3.05, 3.63) is 58.0 Å². The fraction of sp³-hybridized carbons (Fsp3) is 0.167. The highest BCUT2D eigenvalue weighted by atomic mass is 32.1. The molecule has 0 spiro atoms. The molecule has 0 unspecified atom stereocenters. The molecular weight excluding hydrogens is 354 g/mol. The Morgan fingerprint density at radius 1 is 1.04 bits per heavy atom. The summed E-state index contributed by atoms with van der Waals surface area (Å²) >= 11 is 1.32. The first kappa shape index (κ1) is 17.7. The van der Waals surface area contributed by atoms with Crippen LogP contribution in [0.15, 0.2) is 46.2 Å². The summed E-state index contributed by atoms with van der Waals surface area (Å²) < 4.78 is 5.53. The van der Waals surface area contributed by atoms with Gasteiger partial charge in [0.05, 0.1) is 4.88 Å². The van der Waals surface area contributed by atoms with Gasteiger partial charge in [-0.15, -0.1) is 11.3 Å². The van der Waals surface area contributed by atoms with Crippen molar-refractivity contribution >= 4 is 40.0 Å². The smallest absolute Gasteiger partial charge is 0.305 e. The van der Waals surface area contributed by atoms with Crippen molar-refractivity contribution < 1.29 is 18.8 Å². The van der Waals surface area contributed by atoms with Crippen LogP contribution >= 0.6 is 11.3 Å². The Morgan fingerprint density at radius 3 is 2.58 bits per heavy atom. The van der Waals surface area contributed by atoms with Crippen molar-refractivity contribution in [1.29, 1.82) is 0 Å². The minimum absolute atomic E-state index is 0.0382. The predicted octanol–water partition coefficient (Wildman–Crippen LogP) is 2.38. The van der Waals surface area contributed by atoms with Gasteiger partial charge in [0.1, 0.15) is 5.58 Å². The third-order valence-electron chi connectivity index (χ3n) is 3.75. The number of carbonyl (C=O) groups is 3. The number of amides is 3. The van der Waals surface area contributed by atoms with Crippen LogP contribution in [-0.4, -0.2) is 24.3 Å². The van der Waals surface area contributed by atoms with Crippen LogP contribution in [-0.2, 0) is 4.79 Å². The number of para-hydroxylation sites is 1. The summed E-state index contributed by atoms with van der Waals surface area (Å²) in [5, 5.41) is 5.29. The number of hydrogen-bond acceptors (Lipinski definition) is 5. The first-order valence-electron chi connectivity index (χ1n) is 7.95. The minimum Gasteiger partial charge on any atom is -0.451 e. The van der Waals surface area contributed by atoms with Crippen molar-refractivity contribution in [1.82, 2.24) is 16.2 Å². The number of hydrazine groups is 1. The van der Waals surface area contributed by atoms with Gasteiger partial charge in [-0.1, -0.05) is 24.3 Å². The molecule has 3 rings (SSSR count). The van der Waals surface area contributed by atoms with E-state index in [0.29, 0.717) is 16.0 Å². The Kier molecular flexibility index (Phi) is 5.33. The van der Waals surface area contributed by atoms with Crippen LogP contribution in [0.3, 0.4) is 0 Å². The summed E-state index contributed by atoms with van der Waals surface area (Å²) in [5.74, 6) is -1.03. The van der Waals surface area contributed by atoms with E-state index in [1.807, 2.05) is 18.2 Å². The molecule has 2 heterocycles. The zero-order chi connectivity index (χ0) is 18.5. The molecule has 0 saturated heterocycles. The molecule has 0 aliphatic carbocycles. The van der Waals surface area contributed by atoms with Gasteiger partial charge in [-0.3, -0.25) is 25.2 Å². The van der Waals surface area contributed by atoms with Crippen molar-refractivity contribution in [2.75, 3.05) is 6.54 Å². The topological polar surface area (TPSA) is 100 Å². The zero-order valence-electron chi connectivity index (χ0n) is 14.0. The molecule has 1 aromatic carbocycles. The van der Waals surface area contributed by atoms with E-state index in [-0.39, 0.29) is 24.6 Å². The number of furan rings is 1. The standard InChI is InChI=1S/C18H17N3O4S/c1-11-12-5-2-3-6-13(12)25-16(11)18(24)21-20-15(22)8-9-19-17(23)14-7-4-10-26-14/h2-7,10H,8-9H2,1H3,(H,19,23)(H,20,22)(H,21,24). The van der Waals surface area contributed by atoms with E-state index >= 15 is 0 Å². The molecule has 0 saturated carbocycles. The molecule has 3 amide bonds. The second kappa shape index (κ2) is 7.83. The highest BCUT2D eigenvalue weighted by molar-refractivity contribution is 7.12. The number of nitrogens with one attached hydrogen (secondary N) is 3. The molecule has 26 heavy (non-hydrogen) atoms. The number of aryl methyl sites for hydroxylation is 1. The molecule has 2 aromatic heterocycles. The Morgan fingerprint density at radius 2 is 1.85 bits per heavy atom. The van der Waals surface area contributed by atoms with Crippen LogP contribution in [0, 0.1) is 6.92 Å². The monoisotopic (exact) mass is 371 g/mol. The highest BCUT2D eigenvalue weighted by Gasteiger charge is 2.17. The molecule has 0 fully saturated rings. The Bertz CT molecular complexity index is 947. The number of rotatable bonds is 5. The molecule has 0 aliphatic heterocycles. The van der Waals surface area contributed by atoms with Gasteiger partial charge >= 0.3 is 5.91 Å². The molecule has 3 aromatic rings. The summed E-state index contributed by atoms with van der Waals surface area (Å²) in [5.41, 5.74) is 5.95. The lowest BCUT2D eigenvalue weighted by molar-refractivity contribution is -0.121. The van der Waals surface area contributed by atoms with Gasteiger partial charge in [0, 0.05) is 23.9 Å². The summed E-state index contributed by atoms with van der Waals surface area (Å²) in [6.45, 7) is 1.95. The Balaban J connectivity index is 1.47. The maximum atomic E-state index is 12.2. The third kappa shape index (κ3) is 3.92. The van der Waals surface area contributed by atoms with Crippen molar-refractivity contribution in [3.63, 3.8) is 0 Å². The van der Waals surface area contributed by atoms with E-state index < -0.39 is 11.8 Å². The van der Waals surface area contributed by atoms with Gasteiger partial charge in [-0.25, -0.2) is 0 Å². The summed E-state index contributed by atoms with van der Waals surface area (Å²) in [4.78, 5) is 36.3. The van der Waals surface area contributed by atoms with Crippen LogP contribution < -0.4 is 16.2 Å². The molecule has 0 radical (unpaired) electrons. The molecule has 0 bridgehead atoms. The van der Waals surface area contributed by atoms with E-state index in [1.165, 1.54) is 11.3 Å². The van der Waals surface area contributed by atoms with Crippen LogP contribution in [0.25, 0.3) is 11.0 Å². The fourth-order valence-electron chi connectivity index (χ4n) is 2.42. The molecule has 0 atom stereocenters. The SMILES string of the molecule is Cc1c(C(=O)NNC(=O)CCNC(=O)c2cccs2)oc2ccccc12. The first-order valence-corrected chi connectivity index (χ1v) is 8.83. The lowest BCUT2D eigenvalue weighted by Gasteiger charge is -2.07. The second-order valence-corrected chi connectivity index (χ2v) is 6.49. The fourth-order valence-corrected chi connectivity index (χ4v) is 3.06. The largest absolute Gasteiger partial charge is 0.451 e. The van der Waals surface area contributed by atoms with Gasteiger partial charge in [0.2, 0.25) is 5.91 Å². The van der Waals surface area contributed by atoms with Gasteiger partial charge in [0.25, 0.3) is 5.91 Å². The van der Waals surface area contributed by atoms with Crippen LogP contribution in [0.5, 0.6) is 0 Å². The first-order chi connectivity index (χ1) is 12.6. The van der Waals surface area contributed by atoms with Crippen LogP contribution in [0.1, 0.15) is 32.2 Å². The number of carbonyl (C=O) groups excluding carboxylic acids is 3. The highest BCUT2D eigenvalue weighted by Crippen LogP contribution is 2.24. The maximum Gasteiger partial charge on any atom is 0.305 e. The van der Waals surface area contributed by atoms with E-state index in [1.54, 1.807) is 30.5 Å². The molecule has 3 N–H and O–H groups in total. The summed E-state index contributed by atoms with van der Waals surface area (Å²) in [6.07, 6.45) is 0.0382. The normalized spacial score (nSPS) is 10.5. The molecule has 134 valence electrons. The number of fused-ring (bicyclic) bond motifs is 1. The third-order valence-corrected chi connectivity index (χ3v) is 4.62. The second-order valence-electron chi connectivity index (χ2n) is 5.54. The quantitative estimate of drug-likeness (QED) is 0.600. The van der Waals surface area contributed by atoms with E-state index in [0.717, 1.165) is 5.39 Å². The average Bonchev–Trinajstić information content (AvgIpc) is 3.28. The van der Waals surface area contributed by atoms with Crippen LogP contribution in [0.4, 0.5) is 0 Å². The average molecular weight is 371 g/mol. The lowest BCUT2D eigenvalue weighted by atomic mass is 10.1. The molecular formula is C18H17N3O4S. The Hall–Kier alpha value is -3.13. The maximum absolute atomic E-state index is 12.2. The predicted molar refractivity (Wildman–Crippen MR) is 97.8 cm³/mol. The molecule has 8 heteroatoms. The van der Waals surface area contributed by atoms with Crippen molar-refractivity contribution in [2.24, 2.45) is 0 Å². The zero-order valence-corrected chi connectivity index (χ0v) is 14.8. The van der Waals surface area contributed by atoms with Gasteiger partial charge in [0.15, 0.2) is 5.76 Å². The minimum atomic E-state index is -0.533. The summed E-state index contributed by atoms with van der Waals surface area (Å²) in [7, 11) is 0. The van der Waals surface area contributed by atoms with Gasteiger partial charge in [-0.2, -0.15) is 0 Å². The number of thiophene rings is 1. The van der Waals surface area contributed by atoms with Crippen LogP contribution in [0.2, 0.25) is 0 Å². The lowest BCUT2D eigenvalue weighted by Crippen LogP contribution is -2.42.